The van der Waals surface area contributed by atoms with Crippen LogP contribution in [0.3, 0.4) is 0 Å². The zero-order valence-corrected chi connectivity index (χ0v) is 17.2. The molecule has 0 radical (unpaired) electrons. The van der Waals surface area contributed by atoms with Gasteiger partial charge in [0.05, 0.1) is 17.8 Å². The summed E-state index contributed by atoms with van der Waals surface area (Å²) in [4.78, 5) is 16.6. The first-order chi connectivity index (χ1) is 14.4. The highest BCUT2D eigenvalue weighted by Gasteiger charge is 2.35. The van der Waals surface area contributed by atoms with E-state index in [4.69, 9.17) is 4.74 Å². The highest BCUT2D eigenvalue weighted by molar-refractivity contribution is 5.93. The predicted octanol–water partition coefficient (Wildman–Crippen LogP) is 4.14. The molecule has 166 valence electrons. The van der Waals surface area contributed by atoms with Crippen LogP contribution in [0.4, 0.5) is 18.9 Å². The molecule has 8 heteroatoms. The molecule has 1 aromatic rings. The number of carbonyl (C=O) groups excluding carboxylic acids is 1. The average molecular weight is 425 g/mol. The van der Waals surface area contributed by atoms with Crippen LogP contribution in [0.25, 0.3) is 0 Å². The molecule has 2 saturated heterocycles. The van der Waals surface area contributed by atoms with Crippen LogP contribution in [0.5, 0.6) is 5.75 Å². The average Bonchev–Trinajstić information content (AvgIpc) is 3.15. The Hall–Kier alpha value is -1.80. The third-order valence-corrected chi connectivity index (χ3v) is 6.51. The molecule has 0 spiro atoms. The number of carbonyl (C=O) groups is 1. The largest absolute Gasteiger partial charge is 0.490 e. The fourth-order valence-electron chi connectivity index (χ4n) is 4.58. The van der Waals surface area contributed by atoms with Crippen LogP contribution in [0.1, 0.15) is 50.5 Å². The predicted molar refractivity (Wildman–Crippen MR) is 109 cm³/mol. The van der Waals surface area contributed by atoms with Crippen molar-refractivity contribution in [2.45, 2.75) is 63.3 Å². The Morgan fingerprint density at radius 1 is 1.03 bits per heavy atom. The van der Waals surface area contributed by atoms with Gasteiger partial charge in [0.1, 0.15) is 11.9 Å². The Kier molecular flexibility index (Phi) is 6.53. The number of nitrogens with zero attached hydrogens (tertiary/aromatic N) is 2. The zero-order chi connectivity index (χ0) is 21.1. The van der Waals surface area contributed by atoms with Crippen molar-refractivity contribution in [3.8, 4) is 5.75 Å². The number of benzene rings is 1. The molecule has 2 heterocycles. The SMILES string of the molecule is O=C(CN1CCCC1)Nc1ccc(OC2CCN(C3CCC3)CC2)cc1C(F)(F)F. The van der Waals surface area contributed by atoms with E-state index in [-0.39, 0.29) is 24.1 Å². The molecule has 0 atom stereocenters. The van der Waals surface area contributed by atoms with Crippen molar-refractivity contribution in [3.63, 3.8) is 0 Å². The summed E-state index contributed by atoms with van der Waals surface area (Å²) in [6.45, 7) is 3.62. The molecular formula is C22H30F3N3O2. The minimum Gasteiger partial charge on any atom is -0.490 e. The molecule has 1 aliphatic carbocycles. The molecule has 0 aromatic heterocycles. The summed E-state index contributed by atoms with van der Waals surface area (Å²) in [5.41, 5.74) is -1.07. The number of rotatable bonds is 6. The van der Waals surface area contributed by atoms with Gasteiger partial charge in [-0.25, -0.2) is 0 Å². The third kappa shape index (κ3) is 5.27. The van der Waals surface area contributed by atoms with Crippen molar-refractivity contribution in [1.29, 1.82) is 0 Å². The van der Waals surface area contributed by atoms with Gasteiger partial charge in [-0.3, -0.25) is 9.69 Å². The van der Waals surface area contributed by atoms with Gasteiger partial charge in [-0.15, -0.1) is 0 Å². The van der Waals surface area contributed by atoms with E-state index in [0.29, 0.717) is 6.04 Å². The maximum absolute atomic E-state index is 13.6. The molecule has 30 heavy (non-hydrogen) atoms. The molecule has 0 unspecified atom stereocenters. The lowest BCUT2D eigenvalue weighted by molar-refractivity contribution is -0.137. The summed E-state index contributed by atoms with van der Waals surface area (Å²) in [7, 11) is 0. The van der Waals surface area contributed by atoms with Gasteiger partial charge in [-0.2, -0.15) is 13.2 Å². The first-order valence-electron chi connectivity index (χ1n) is 11.0. The summed E-state index contributed by atoms with van der Waals surface area (Å²) in [5.74, 6) is -0.207. The number of nitrogens with one attached hydrogen (secondary N) is 1. The summed E-state index contributed by atoms with van der Waals surface area (Å²) >= 11 is 0. The first-order valence-corrected chi connectivity index (χ1v) is 11.0. The second kappa shape index (κ2) is 9.14. The fourth-order valence-corrected chi connectivity index (χ4v) is 4.58. The second-order valence-electron chi connectivity index (χ2n) is 8.67. The summed E-state index contributed by atoms with van der Waals surface area (Å²) in [5, 5.41) is 2.44. The maximum atomic E-state index is 13.6. The number of ether oxygens (including phenoxy) is 1. The molecule has 0 bridgehead atoms. The minimum atomic E-state index is -4.57. The summed E-state index contributed by atoms with van der Waals surface area (Å²) < 4.78 is 46.8. The van der Waals surface area contributed by atoms with Crippen LogP contribution >= 0.6 is 0 Å². The smallest absolute Gasteiger partial charge is 0.418 e. The number of halogens is 3. The molecule has 5 nitrogen and oxygen atoms in total. The molecule has 1 aromatic carbocycles. The van der Waals surface area contributed by atoms with Gasteiger partial charge in [-0.05, 0) is 69.8 Å². The normalized spacial score (nSPS) is 22.1. The van der Waals surface area contributed by atoms with Crippen molar-refractivity contribution >= 4 is 11.6 Å². The van der Waals surface area contributed by atoms with Gasteiger partial charge in [0, 0.05) is 19.1 Å². The molecule has 2 aliphatic heterocycles. The van der Waals surface area contributed by atoms with E-state index in [1.807, 2.05) is 4.90 Å². The summed E-state index contributed by atoms with van der Waals surface area (Å²) in [6, 6.07) is 4.54. The van der Waals surface area contributed by atoms with Gasteiger partial charge in [-0.1, -0.05) is 6.42 Å². The van der Waals surface area contributed by atoms with Crippen molar-refractivity contribution in [2.75, 3.05) is 38.0 Å². The van der Waals surface area contributed by atoms with E-state index in [2.05, 4.69) is 10.2 Å². The number of hydrogen-bond acceptors (Lipinski definition) is 4. The van der Waals surface area contributed by atoms with Gasteiger partial charge in [0.15, 0.2) is 0 Å². The van der Waals surface area contributed by atoms with Crippen LogP contribution < -0.4 is 10.1 Å². The molecule has 3 fully saturated rings. The van der Waals surface area contributed by atoms with Gasteiger partial charge >= 0.3 is 6.18 Å². The van der Waals surface area contributed by atoms with E-state index in [1.54, 1.807) is 0 Å². The number of anilines is 1. The van der Waals surface area contributed by atoms with Crippen LogP contribution in [0.2, 0.25) is 0 Å². The number of likely N-dealkylation sites (tertiary alicyclic amines) is 2. The Morgan fingerprint density at radius 2 is 1.73 bits per heavy atom. The van der Waals surface area contributed by atoms with Crippen LogP contribution in [0.15, 0.2) is 18.2 Å². The third-order valence-electron chi connectivity index (χ3n) is 6.51. The number of alkyl halides is 3. The number of piperidine rings is 1. The lowest BCUT2D eigenvalue weighted by Gasteiger charge is -2.41. The molecular weight excluding hydrogens is 395 g/mol. The topological polar surface area (TPSA) is 44.8 Å². The Morgan fingerprint density at radius 3 is 2.33 bits per heavy atom. The van der Waals surface area contributed by atoms with Crippen molar-refractivity contribution in [1.82, 2.24) is 9.80 Å². The summed E-state index contributed by atoms with van der Waals surface area (Å²) in [6.07, 6.45) is 2.86. The van der Waals surface area contributed by atoms with E-state index in [1.165, 1.54) is 31.4 Å². The maximum Gasteiger partial charge on any atom is 0.418 e. The lowest BCUT2D eigenvalue weighted by Crippen LogP contribution is -2.46. The van der Waals surface area contributed by atoms with Crippen molar-refractivity contribution < 1.29 is 22.7 Å². The number of hydrogen-bond donors (Lipinski definition) is 1. The second-order valence-corrected chi connectivity index (χ2v) is 8.67. The lowest BCUT2D eigenvalue weighted by atomic mass is 9.90. The highest BCUT2D eigenvalue weighted by Crippen LogP contribution is 2.38. The monoisotopic (exact) mass is 425 g/mol. The van der Waals surface area contributed by atoms with Crippen LogP contribution in [-0.4, -0.2) is 60.6 Å². The zero-order valence-electron chi connectivity index (χ0n) is 17.2. The molecule has 4 rings (SSSR count). The highest BCUT2D eigenvalue weighted by atomic mass is 19.4. The van der Waals surface area contributed by atoms with E-state index in [9.17, 15) is 18.0 Å². The van der Waals surface area contributed by atoms with Gasteiger partial charge in [0.2, 0.25) is 5.91 Å². The molecule has 1 saturated carbocycles. The van der Waals surface area contributed by atoms with E-state index in [0.717, 1.165) is 57.9 Å². The van der Waals surface area contributed by atoms with E-state index < -0.39 is 17.6 Å². The van der Waals surface area contributed by atoms with Crippen molar-refractivity contribution in [2.24, 2.45) is 0 Å². The van der Waals surface area contributed by atoms with Gasteiger partial charge < -0.3 is 15.0 Å². The Labute approximate surface area is 175 Å². The molecule has 1 N–H and O–H groups in total. The van der Waals surface area contributed by atoms with Gasteiger partial charge in [0.25, 0.3) is 0 Å². The molecule has 1 amide bonds. The minimum absolute atomic E-state index is 0.0713. The number of amides is 1. The first kappa shape index (κ1) is 21.4. The quantitative estimate of drug-likeness (QED) is 0.744. The standard InChI is InChI=1S/C22H30F3N3O2/c23-22(24,25)19-14-18(30-17-8-12-28(13-9-17)16-4-3-5-16)6-7-20(19)26-21(29)15-27-10-1-2-11-27/h6-7,14,16-17H,1-5,8-13,15H2,(H,26,29). The fraction of sp³-hybridized carbons (Fsp3) is 0.682. The Balaban J connectivity index is 1.37. The van der Waals surface area contributed by atoms with E-state index >= 15 is 0 Å². The van der Waals surface area contributed by atoms with Crippen LogP contribution in [0, 0.1) is 0 Å². The Bertz CT molecular complexity index is 738. The van der Waals surface area contributed by atoms with Crippen LogP contribution in [-0.2, 0) is 11.0 Å². The molecule has 3 aliphatic rings. The van der Waals surface area contributed by atoms with Crippen molar-refractivity contribution in [3.05, 3.63) is 23.8 Å².